The molecule has 122 valence electrons. The van der Waals surface area contributed by atoms with Crippen molar-refractivity contribution in [2.75, 3.05) is 25.0 Å². The van der Waals surface area contributed by atoms with Crippen LogP contribution in [0.25, 0.3) is 0 Å². The minimum Gasteiger partial charge on any atom is -0.444 e. The zero-order valence-corrected chi connectivity index (χ0v) is 13.3. The van der Waals surface area contributed by atoms with Crippen molar-refractivity contribution >= 4 is 12.0 Å². The van der Waals surface area contributed by atoms with Crippen LogP contribution in [0.5, 0.6) is 0 Å². The molecule has 2 heterocycles. The van der Waals surface area contributed by atoms with Crippen LogP contribution in [0.3, 0.4) is 0 Å². The van der Waals surface area contributed by atoms with Crippen molar-refractivity contribution in [2.45, 2.75) is 39.2 Å². The second kappa shape index (κ2) is 6.89. The van der Waals surface area contributed by atoms with Crippen molar-refractivity contribution in [3.05, 3.63) is 18.2 Å². The Bertz CT molecular complexity index is 501. The molecule has 1 aromatic rings. The highest BCUT2D eigenvalue weighted by Gasteiger charge is 2.27. The first-order valence-corrected chi connectivity index (χ1v) is 7.53. The molecule has 0 bridgehead atoms. The summed E-state index contributed by atoms with van der Waals surface area (Å²) in [5.41, 5.74) is -0.482. The molecule has 1 aliphatic heterocycles. The minimum atomic E-state index is -0.482. The van der Waals surface area contributed by atoms with E-state index in [1.807, 2.05) is 20.8 Å². The number of halogens is 1. The molecular formula is C15H23FN4O2. The van der Waals surface area contributed by atoms with Gasteiger partial charge in [-0.3, -0.25) is 0 Å². The topological polar surface area (TPSA) is 67.3 Å². The number of hydrogen-bond acceptors (Lipinski definition) is 5. The molecule has 6 nitrogen and oxygen atoms in total. The van der Waals surface area contributed by atoms with E-state index in [4.69, 9.17) is 4.74 Å². The van der Waals surface area contributed by atoms with Gasteiger partial charge in [0.15, 0.2) is 5.82 Å². The number of ether oxygens (including phenoxy) is 1. The van der Waals surface area contributed by atoms with Crippen LogP contribution in [0, 0.1) is 11.7 Å². The summed E-state index contributed by atoms with van der Waals surface area (Å²) in [4.78, 5) is 21.6. The Hall–Kier alpha value is -1.92. The van der Waals surface area contributed by atoms with Crippen LogP contribution in [0.15, 0.2) is 12.4 Å². The number of rotatable bonds is 3. The summed E-state index contributed by atoms with van der Waals surface area (Å²) in [6.07, 6.45) is 3.95. The van der Waals surface area contributed by atoms with Crippen LogP contribution in [-0.4, -0.2) is 46.2 Å². The molecule has 0 radical (unpaired) electrons. The highest BCUT2D eigenvalue weighted by molar-refractivity contribution is 5.68. The molecule has 0 spiro atoms. The van der Waals surface area contributed by atoms with Gasteiger partial charge in [0.25, 0.3) is 0 Å². The van der Waals surface area contributed by atoms with Gasteiger partial charge >= 0.3 is 6.09 Å². The highest BCUT2D eigenvalue weighted by Crippen LogP contribution is 2.19. The van der Waals surface area contributed by atoms with E-state index in [-0.39, 0.29) is 6.09 Å². The van der Waals surface area contributed by atoms with Crippen LogP contribution in [0.2, 0.25) is 0 Å². The number of carbonyl (C=O) groups is 1. The Labute approximate surface area is 130 Å². The fourth-order valence-corrected chi connectivity index (χ4v) is 2.36. The van der Waals surface area contributed by atoms with E-state index in [0.717, 1.165) is 31.8 Å². The second-order valence-electron chi connectivity index (χ2n) is 6.54. The molecular weight excluding hydrogens is 287 g/mol. The Morgan fingerprint density at radius 3 is 2.77 bits per heavy atom. The van der Waals surface area contributed by atoms with Gasteiger partial charge in [-0.25, -0.2) is 19.2 Å². The number of likely N-dealkylation sites (tertiary alicyclic amines) is 1. The van der Waals surface area contributed by atoms with E-state index in [2.05, 4.69) is 15.3 Å². The third-order valence-corrected chi connectivity index (χ3v) is 3.34. The predicted molar refractivity (Wildman–Crippen MR) is 81.0 cm³/mol. The monoisotopic (exact) mass is 310 g/mol. The van der Waals surface area contributed by atoms with Gasteiger partial charge < -0.3 is 15.0 Å². The van der Waals surface area contributed by atoms with E-state index in [9.17, 15) is 9.18 Å². The Morgan fingerprint density at radius 2 is 2.14 bits per heavy atom. The average molecular weight is 310 g/mol. The number of carbonyl (C=O) groups excluding carboxylic acids is 1. The maximum absolute atomic E-state index is 12.7. The fourth-order valence-electron chi connectivity index (χ4n) is 2.36. The van der Waals surface area contributed by atoms with Crippen LogP contribution in [0.1, 0.15) is 33.6 Å². The minimum absolute atomic E-state index is 0.268. The van der Waals surface area contributed by atoms with E-state index in [1.54, 1.807) is 4.90 Å². The first-order valence-electron chi connectivity index (χ1n) is 7.53. The lowest BCUT2D eigenvalue weighted by atomic mass is 9.98. The molecule has 1 saturated heterocycles. The van der Waals surface area contributed by atoms with Crippen molar-refractivity contribution in [1.29, 1.82) is 0 Å². The summed E-state index contributed by atoms with van der Waals surface area (Å²) in [5, 5.41) is 3.08. The van der Waals surface area contributed by atoms with Crippen LogP contribution in [-0.2, 0) is 4.74 Å². The molecule has 1 aliphatic rings. The molecule has 1 aromatic heterocycles. The van der Waals surface area contributed by atoms with Gasteiger partial charge in [0.1, 0.15) is 5.60 Å². The summed E-state index contributed by atoms with van der Waals surface area (Å²) in [6.45, 7) is 7.59. The van der Waals surface area contributed by atoms with Crippen molar-refractivity contribution in [2.24, 2.45) is 5.92 Å². The summed E-state index contributed by atoms with van der Waals surface area (Å²) < 4.78 is 18.1. The van der Waals surface area contributed by atoms with Gasteiger partial charge in [-0.1, -0.05) is 0 Å². The number of hydrogen-bond donors (Lipinski definition) is 1. The van der Waals surface area contributed by atoms with Crippen molar-refractivity contribution < 1.29 is 13.9 Å². The van der Waals surface area contributed by atoms with Gasteiger partial charge in [0, 0.05) is 19.6 Å². The van der Waals surface area contributed by atoms with E-state index < -0.39 is 11.4 Å². The van der Waals surface area contributed by atoms with E-state index in [0.29, 0.717) is 25.0 Å². The zero-order chi connectivity index (χ0) is 16.2. The summed E-state index contributed by atoms with van der Waals surface area (Å²) >= 11 is 0. The molecule has 7 heteroatoms. The Morgan fingerprint density at radius 1 is 1.45 bits per heavy atom. The van der Waals surface area contributed by atoms with Crippen molar-refractivity contribution in [1.82, 2.24) is 14.9 Å². The highest BCUT2D eigenvalue weighted by atomic mass is 19.1. The van der Waals surface area contributed by atoms with Crippen LogP contribution >= 0.6 is 0 Å². The summed E-state index contributed by atoms with van der Waals surface area (Å²) in [5.74, 6) is 0.241. The largest absolute Gasteiger partial charge is 0.444 e. The molecule has 0 unspecified atom stereocenters. The normalized spacial score (nSPS) is 18.9. The lowest BCUT2D eigenvalue weighted by Crippen LogP contribution is -2.44. The van der Waals surface area contributed by atoms with Gasteiger partial charge in [0.2, 0.25) is 5.95 Å². The molecule has 1 N–H and O–H groups in total. The van der Waals surface area contributed by atoms with Crippen molar-refractivity contribution in [3.63, 3.8) is 0 Å². The summed E-state index contributed by atoms with van der Waals surface area (Å²) in [7, 11) is 0. The molecule has 0 aliphatic carbocycles. The summed E-state index contributed by atoms with van der Waals surface area (Å²) in [6, 6.07) is 0. The fraction of sp³-hybridized carbons (Fsp3) is 0.667. The number of piperidine rings is 1. The third-order valence-electron chi connectivity index (χ3n) is 3.34. The van der Waals surface area contributed by atoms with Crippen LogP contribution in [0.4, 0.5) is 15.1 Å². The zero-order valence-electron chi connectivity index (χ0n) is 13.3. The number of aromatic nitrogens is 2. The van der Waals surface area contributed by atoms with Crippen molar-refractivity contribution in [3.8, 4) is 0 Å². The number of amides is 1. The quantitative estimate of drug-likeness (QED) is 0.929. The van der Waals surface area contributed by atoms with Gasteiger partial charge in [-0.05, 0) is 39.5 Å². The smallest absolute Gasteiger partial charge is 0.410 e. The van der Waals surface area contributed by atoms with Gasteiger partial charge in [0.05, 0.1) is 12.4 Å². The maximum atomic E-state index is 12.7. The van der Waals surface area contributed by atoms with Crippen LogP contribution < -0.4 is 5.32 Å². The van der Waals surface area contributed by atoms with E-state index in [1.165, 1.54) is 0 Å². The molecule has 1 fully saturated rings. The number of nitrogens with one attached hydrogen (secondary N) is 1. The number of anilines is 1. The standard InChI is InChI=1S/C15H23FN4O2/c1-15(2,3)22-14(21)20-6-4-5-11(10-20)7-17-13-18-8-12(16)9-19-13/h8-9,11H,4-7,10H2,1-3H3,(H,17,18,19)/t11-/m1/s1. The lowest BCUT2D eigenvalue weighted by Gasteiger charge is -2.34. The second-order valence-corrected chi connectivity index (χ2v) is 6.54. The lowest BCUT2D eigenvalue weighted by molar-refractivity contribution is 0.0172. The first kappa shape index (κ1) is 16.5. The molecule has 1 atom stereocenters. The Kier molecular flexibility index (Phi) is 5.15. The SMILES string of the molecule is CC(C)(C)OC(=O)N1CCC[C@H](CNc2ncc(F)cn2)C1. The van der Waals surface area contributed by atoms with Gasteiger partial charge in [-0.2, -0.15) is 0 Å². The maximum Gasteiger partial charge on any atom is 0.410 e. The average Bonchev–Trinajstić information content (AvgIpc) is 2.45. The molecule has 0 saturated carbocycles. The molecule has 22 heavy (non-hydrogen) atoms. The first-order chi connectivity index (χ1) is 10.3. The number of nitrogens with zero attached hydrogens (tertiary/aromatic N) is 3. The molecule has 2 rings (SSSR count). The van der Waals surface area contributed by atoms with E-state index >= 15 is 0 Å². The molecule has 1 amide bonds. The predicted octanol–water partition coefficient (Wildman–Crippen LogP) is 2.67. The van der Waals surface area contributed by atoms with Gasteiger partial charge in [-0.15, -0.1) is 0 Å². The Balaban J connectivity index is 1.82. The molecule has 0 aromatic carbocycles. The third kappa shape index (κ3) is 5.13.